The number of piperidine rings is 1. The van der Waals surface area contributed by atoms with Gasteiger partial charge in [-0.25, -0.2) is 0 Å². The summed E-state index contributed by atoms with van der Waals surface area (Å²) in [6.45, 7) is 2.24. The summed E-state index contributed by atoms with van der Waals surface area (Å²) in [6, 6.07) is 12.5. The van der Waals surface area contributed by atoms with Crippen LogP contribution in [0.15, 0.2) is 40.9 Å². The van der Waals surface area contributed by atoms with Crippen LogP contribution in [0.4, 0.5) is 13.2 Å². The van der Waals surface area contributed by atoms with Gasteiger partial charge in [0.25, 0.3) is 0 Å². The number of hydrogen-bond donors (Lipinski definition) is 0. The molecule has 1 fully saturated rings. The Kier molecular flexibility index (Phi) is 5.94. The van der Waals surface area contributed by atoms with E-state index in [-0.39, 0.29) is 6.10 Å². The van der Waals surface area contributed by atoms with Gasteiger partial charge in [0.2, 0.25) is 0 Å². The second kappa shape index (κ2) is 8.31. The molecule has 0 aromatic heterocycles. The lowest BCUT2D eigenvalue weighted by atomic mass is 9.88. The maximum Gasteiger partial charge on any atom is 0.401 e. The SMILES string of the molecule is Cc1cc(C2CCN(CC(F)(F)F)CC2)ccc1O[C@H]1CCc2cccc(Br)c21. The molecule has 1 heterocycles. The lowest BCUT2D eigenvalue weighted by Crippen LogP contribution is -2.39. The van der Waals surface area contributed by atoms with Gasteiger partial charge in [0.1, 0.15) is 11.9 Å². The molecular formula is C23H25BrF3NO. The minimum Gasteiger partial charge on any atom is -0.485 e. The van der Waals surface area contributed by atoms with Crippen molar-refractivity contribution in [1.29, 1.82) is 0 Å². The van der Waals surface area contributed by atoms with E-state index in [2.05, 4.69) is 46.3 Å². The van der Waals surface area contributed by atoms with Crippen LogP contribution in [-0.2, 0) is 6.42 Å². The molecule has 1 aliphatic carbocycles. The van der Waals surface area contributed by atoms with E-state index < -0.39 is 12.7 Å². The molecule has 0 amide bonds. The summed E-state index contributed by atoms with van der Waals surface area (Å²) in [5.41, 5.74) is 4.87. The third-order valence-corrected chi connectivity index (χ3v) is 6.76. The van der Waals surface area contributed by atoms with Crippen molar-refractivity contribution >= 4 is 15.9 Å². The Labute approximate surface area is 178 Å². The highest BCUT2D eigenvalue weighted by molar-refractivity contribution is 9.10. The van der Waals surface area contributed by atoms with Crippen molar-refractivity contribution in [2.24, 2.45) is 0 Å². The molecule has 0 radical (unpaired) electrons. The van der Waals surface area contributed by atoms with Crippen molar-refractivity contribution in [2.75, 3.05) is 19.6 Å². The molecule has 2 nitrogen and oxygen atoms in total. The Morgan fingerprint density at radius 3 is 2.55 bits per heavy atom. The number of nitrogens with zero attached hydrogens (tertiary/aromatic N) is 1. The molecule has 0 N–H and O–H groups in total. The zero-order valence-corrected chi connectivity index (χ0v) is 18.0. The van der Waals surface area contributed by atoms with Gasteiger partial charge < -0.3 is 4.74 Å². The number of alkyl halides is 3. The number of aryl methyl sites for hydroxylation is 2. The first-order valence-electron chi connectivity index (χ1n) is 10.1. The van der Waals surface area contributed by atoms with Crippen LogP contribution in [0.25, 0.3) is 0 Å². The zero-order chi connectivity index (χ0) is 20.6. The fourth-order valence-corrected chi connectivity index (χ4v) is 5.26. The van der Waals surface area contributed by atoms with Crippen LogP contribution in [0.5, 0.6) is 5.75 Å². The minimum absolute atomic E-state index is 0.0516. The molecule has 2 aliphatic rings. The zero-order valence-electron chi connectivity index (χ0n) is 16.4. The molecule has 1 saturated heterocycles. The molecule has 29 heavy (non-hydrogen) atoms. The summed E-state index contributed by atoms with van der Waals surface area (Å²) in [4.78, 5) is 1.51. The van der Waals surface area contributed by atoms with Crippen molar-refractivity contribution in [2.45, 2.75) is 50.8 Å². The van der Waals surface area contributed by atoms with Gasteiger partial charge in [-0.05, 0) is 80.4 Å². The maximum atomic E-state index is 12.6. The highest BCUT2D eigenvalue weighted by Gasteiger charge is 2.33. The number of halogens is 4. The highest BCUT2D eigenvalue weighted by Crippen LogP contribution is 2.40. The van der Waals surface area contributed by atoms with Crippen molar-refractivity contribution in [3.8, 4) is 5.75 Å². The number of benzene rings is 2. The Bertz CT molecular complexity index is 875. The van der Waals surface area contributed by atoms with E-state index in [1.807, 2.05) is 13.0 Å². The van der Waals surface area contributed by atoms with Crippen molar-refractivity contribution in [3.63, 3.8) is 0 Å². The number of fused-ring (bicyclic) bond motifs is 1. The van der Waals surface area contributed by atoms with Crippen LogP contribution >= 0.6 is 15.9 Å². The van der Waals surface area contributed by atoms with E-state index in [9.17, 15) is 13.2 Å². The van der Waals surface area contributed by atoms with Gasteiger partial charge in [-0.1, -0.05) is 40.2 Å². The van der Waals surface area contributed by atoms with E-state index >= 15 is 0 Å². The summed E-state index contributed by atoms with van der Waals surface area (Å²) in [6.07, 6.45) is -0.548. The summed E-state index contributed by atoms with van der Waals surface area (Å²) in [5, 5.41) is 0. The average molecular weight is 468 g/mol. The molecule has 156 valence electrons. The Balaban J connectivity index is 1.41. The van der Waals surface area contributed by atoms with Crippen LogP contribution < -0.4 is 4.74 Å². The first-order valence-corrected chi connectivity index (χ1v) is 10.9. The standard InChI is InChI=1S/C23H25BrF3NO/c1-15-13-18(16-9-11-28(12-10-16)14-23(25,26)27)6-7-20(15)29-21-8-5-17-3-2-4-19(24)22(17)21/h2-4,6-7,13,16,21H,5,8-12,14H2,1H3/t21-/m0/s1. The maximum absolute atomic E-state index is 12.6. The molecule has 2 aromatic rings. The summed E-state index contributed by atoms with van der Waals surface area (Å²) >= 11 is 3.65. The minimum atomic E-state index is -4.11. The number of hydrogen-bond acceptors (Lipinski definition) is 2. The fraction of sp³-hybridized carbons (Fsp3) is 0.478. The van der Waals surface area contributed by atoms with Crippen LogP contribution in [-0.4, -0.2) is 30.7 Å². The van der Waals surface area contributed by atoms with E-state index in [1.54, 1.807) is 0 Å². The Morgan fingerprint density at radius 2 is 1.86 bits per heavy atom. The summed E-state index contributed by atoms with van der Waals surface area (Å²) in [5.74, 6) is 1.20. The highest BCUT2D eigenvalue weighted by atomic mass is 79.9. The molecule has 0 unspecified atom stereocenters. The van der Waals surface area contributed by atoms with Gasteiger partial charge in [-0.15, -0.1) is 0 Å². The monoisotopic (exact) mass is 467 g/mol. The predicted octanol–water partition coefficient (Wildman–Crippen LogP) is 6.57. The second-order valence-electron chi connectivity index (χ2n) is 8.15. The lowest BCUT2D eigenvalue weighted by Gasteiger charge is -2.32. The molecule has 1 atom stereocenters. The third-order valence-electron chi connectivity index (χ3n) is 6.07. The van der Waals surface area contributed by atoms with Crippen molar-refractivity contribution in [3.05, 3.63) is 63.1 Å². The van der Waals surface area contributed by atoms with E-state index in [4.69, 9.17) is 4.74 Å². The van der Waals surface area contributed by atoms with Gasteiger partial charge in [0.15, 0.2) is 0 Å². The fourth-order valence-electron chi connectivity index (χ4n) is 4.60. The molecule has 4 rings (SSSR count). The van der Waals surface area contributed by atoms with Crippen LogP contribution in [0.3, 0.4) is 0 Å². The molecule has 2 aromatic carbocycles. The lowest BCUT2D eigenvalue weighted by molar-refractivity contribution is -0.147. The second-order valence-corrected chi connectivity index (χ2v) is 9.00. The third kappa shape index (κ3) is 4.80. The summed E-state index contributed by atoms with van der Waals surface area (Å²) < 4.78 is 45.2. The quantitative estimate of drug-likeness (QED) is 0.504. The normalized spacial score (nSPS) is 20.7. The predicted molar refractivity (Wildman–Crippen MR) is 111 cm³/mol. The van der Waals surface area contributed by atoms with Crippen molar-refractivity contribution < 1.29 is 17.9 Å². The van der Waals surface area contributed by atoms with Gasteiger partial charge in [-0.3, -0.25) is 4.90 Å². The topological polar surface area (TPSA) is 12.5 Å². The molecule has 0 spiro atoms. The molecule has 0 saturated carbocycles. The largest absolute Gasteiger partial charge is 0.485 e. The van der Waals surface area contributed by atoms with E-state index in [0.717, 1.165) is 41.5 Å². The van der Waals surface area contributed by atoms with Crippen LogP contribution in [0.1, 0.15) is 53.5 Å². The van der Waals surface area contributed by atoms with Gasteiger partial charge in [0, 0.05) is 10.0 Å². The molecule has 6 heteroatoms. The van der Waals surface area contributed by atoms with Crippen LogP contribution in [0, 0.1) is 6.92 Å². The first-order chi connectivity index (χ1) is 13.8. The molecular weight excluding hydrogens is 443 g/mol. The van der Waals surface area contributed by atoms with E-state index in [1.165, 1.54) is 21.6 Å². The number of likely N-dealkylation sites (tertiary alicyclic amines) is 1. The molecule has 0 bridgehead atoms. The van der Waals surface area contributed by atoms with Gasteiger partial charge in [0.05, 0.1) is 6.54 Å². The van der Waals surface area contributed by atoms with Gasteiger partial charge >= 0.3 is 6.18 Å². The van der Waals surface area contributed by atoms with Crippen LogP contribution in [0.2, 0.25) is 0 Å². The van der Waals surface area contributed by atoms with Crippen molar-refractivity contribution in [1.82, 2.24) is 4.90 Å². The Morgan fingerprint density at radius 1 is 1.10 bits per heavy atom. The Hall–Kier alpha value is -1.53. The number of rotatable bonds is 4. The van der Waals surface area contributed by atoms with Gasteiger partial charge in [-0.2, -0.15) is 13.2 Å². The molecule has 1 aliphatic heterocycles. The number of ether oxygens (including phenoxy) is 1. The van der Waals surface area contributed by atoms with E-state index in [0.29, 0.717) is 19.0 Å². The first kappa shape index (κ1) is 20.7. The smallest absolute Gasteiger partial charge is 0.401 e. The summed E-state index contributed by atoms with van der Waals surface area (Å²) in [7, 11) is 0. The average Bonchev–Trinajstić information content (AvgIpc) is 3.07.